The topological polar surface area (TPSA) is 46.3 Å². The standard InChI is InChI=1S/C15H15FN2OS/c16-13-4-3-11(17)8-12(13)15(19)18-6-1-2-14(18)10-5-7-20-9-10/h3-5,7-9,14H,1-2,6,17H2. The fourth-order valence-electron chi connectivity index (χ4n) is 2.68. The van der Waals surface area contributed by atoms with Crippen LogP contribution in [0.2, 0.25) is 0 Å². The van der Waals surface area contributed by atoms with Crippen LogP contribution in [-0.2, 0) is 0 Å². The molecule has 1 amide bonds. The predicted molar refractivity (Wildman–Crippen MR) is 78.1 cm³/mol. The number of nitrogens with two attached hydrogens (primary N) is 1. The van der Waals surface area contributed by atoms with Crippen LogP contribution < -0.4 is 5.73 Å². The number of nitrogens with zero attached hydrogens (tertiary/aromatic N) is 1. The molecule has 1 aliphatic rings. The van der Waals surface area contributed by atoms with Crippen molar-refractivity contribution in [2.45, 2.75) is 18.9 Å². The Morgan fingerprint density at radius 1 is 1.40 bits per heavy atom. The van der Waals surface area contributed by atoms with Crippen LogP contribution in [-0.4, -0.2) is 17.4 Å². The summed E-state index contributed by atoms with van der Waals surface area (Å²) in [6.45, 7) is 0.660. The lowest BCUT2D eigenvalue weighted by Gasteiger charge is -2.24. The Kier molecular flexibility index (Phi) is 3.44. The molecule has 104 valence electrons. The minimum Gasteiger partial charge on any atom is -0.399 e. The summed E-state index contributed by atoms with van der Waals surface area (Å²) < 4.78 is 13.8. The van der Waals surface area contributed by atoms with Crippen LogP contribution in [0, 0.1) is 5.82 Å². The van der Waals surface area contributed by atoms with Crippen molar-refractivity contribution in [2.24, 2.45) is 0 Å². The summed E-state index contributed by atoms with van der Waals surface area (Å²) in [5.74, 6) is -0.788. The van der Waals surface area contributed by atoms with E-state index in [0.717, 1.165) is 18.4 Å². The first kappa shape index (κ1) is 13.1. The Balaban J connectivity index is 1.91. The minimum atomic E-state index is -0.514. The maximum Gasteiger partial charge on any atom is 0.257 e. The van der Waals surface area contributed by atoms with Gasteiger partial charge in [0.15, 0.2) is 0 Å². The largest absolute Gasteiger partial charge is 0.399 e. The lowest BCUT2D eigenvalue weighted by Crippen LogP contribution is -2.31. The molecule has 0 spiro atoms. The molecule has 0 aliphatic carbocycles. The summed E-state index contributed by atoms with van der Waals surface area (Å²) in [7, 11) is 0. The van der Waals surface area contributed by atoms with Gasteiger partial charge < -0.3 is 10.6 Å². The molecule has 1 fully saturated rings. The van der Waals surface area contributed by atoms with Crippen molar-refractivity contribution in [3.8, 4) is 0 Å². The molecule has 20 heavy (non-hydrogen) atoms. The van der Waals surface area contributed by atoms with E-state index in [0.29, 0.717) is 12.2 Å². The first-order chi connectivity index (χ1) is 9.66. The number of benzene rings is 1. The van der Waals surface area contributed by atoms with Crippen molar-refractivity contribution in [1.82, 2.24) is 4.90 Å². The first-order valence-corrected chi connectivity index (χ1v) is 7.49. The lowest BCUT2D eigenvalue weighted by atomic mass is 10.1. The van der Waals surface area contributed by atoms with Gasteiger partial charge in [0, 0.05) is 12.2 Å². The number of carbonyl (C=O) groups excluding carboxylic acids is 1. The second kappa shape index (κ2) is 5.25. The van der Waals surface area contributed by atoms with Gasteiger partial charge in [0.25, 0.3) is 5.91 Å². The molecule has 5 heteroatoms. The molecule has 0 bridgehead atoms. The van der Waals surface area contributed by atoms with E-state index in [1.54, 1.807) is 16.2 Å². The monoisotopic (exact) mass is 290 g/mol. The Morgan fingerprint density at radius 2 is 2.25 bits per heavy atom. The Bertz CT molecular complexity index is 627. The van der Waals surface area contributed by atoms with E-state index in [-0.39, 0.29) is 17.5 Å². The normalized spacial score (nSPS) is 18.4. The number of nitrogen functional groups attached to an aromatic ring is 1. The van der Waals surface area contributed by atoms with E-state index in [9.17, 15) is 9.18 Å². The highest BCUT2D eigenvalue weighted by Crippen LogP contribution is 2.34. The van der Waals surface area contributed by atoms with Crippen molar-refractivity contribution in [3.05, 3.63) is 52.0 Å². The fraction of sp³-hybridized carbons (Fsp3) is 0.267. The van der Waals surface area contributed by atoms with Crippen LogP contribution in [0.3, 0.4) is 0 Å². The molecule has 2 heterocycles. The van der Waals surface area contributed by atoms with Crippen LogP contribution in [0.15, 0.2) is 35.0 Å². The van der Waals surface area contributed by atoms with Crippen molar-refractivity contribution in [2.75, 3.05) is 12.3 Å². The number of carbonyl (C=O) groups is 1. The fourth-order valence-corrected chi connectivity index (χ4v) is 3.39. The van der Waals surface area contributed by atoms with Gasteiger partial charge in [-0.2, -0.15) is 11.3 Å². The minimum absolute atomic E-state index is 0.0505. The van der Waals surface area contributed by atoms with E-state index >= 15 is 0 Å². The molecular formula is C15H15FN2OS. The molecular weight excluding hydrogens is 275 g/mol. The number of halogens is 1. The Labute approximate surface area is 120 Å². The average molecular weight is 290 g/mol. The van der Waals surface area contributed by atoms with Gasteiger partial charge in [-0.25, -0.2) is 4.39 Å². The summed E-state index contributed by atoms with van der Waals surface area (Å²) in [5.41, 5.74) is 7.25. The Hall–Kier alpha value is -1.88. The maximum atomic E-state index is 13.8. The number of thiophene rings is 1. The van der Waals surface area contributed by atoms with Crippen LogP contribution in [0.25, 0.3) is 0 Å². The average Bonchev–Trinajstić information content (AvgIpc) is 3.10. The maximum absolute atomic E-state index is 13.8. The summed E-state index contributed by atoms with van der Waals surface area (Å²) in [4.78, 5) is 14.3. The van der Waals surface area contributed by atoms with Crippen molar-refractivity contribution >= 4 is 22.9 Å². The second-order valence-electron chi connectivity index (χ2n) is 4.95. The zero-order chi connectivity index (χ0) is 14.1. The van der Waals surface area contributed by atoms with Crippen molar-refractivity contribution < 1.29 is 9.18 Å². The van der Waals surface area contributed by atoms with E-state index in [1.165, 1.54) is 18.2 Å². The van der Waals surface area contributed by atoms with Gasteiger partial charge in [0.05, 0.1) is 11.6 Å². The van der Waals surface area contributed by atoms with Gasteiger partial charge >= 0.3 is 0 Å². The van der Waals surface area contributed by atoms with Gasteiger partial charge in [-0.15, -0.1) is 0 Å². The lowest BCUT2D eigenvalue weighted by molar-refractivity contribution is 0.0731. The molecule has 2 N–H and O–H groups in total. The number of likely N-dealkylation sites (tertiary alicyclic amines) is 1. The zero-order valence-corrected chi connectivity index (χ0v) is 11.7. The van der Waals surface area contributed by atoms with Crippen molar-refractivity contribution in [1.29, 1.82) is 0 Å². The number of anilines is 1. The van der Waals surface area contributed by atoms with Gasteiger partial charge in [0.1, 0.15) is 5.82 Å². The first-order valence-electron chi connectivity index (χ1n) is 6.55. The van der Waals surface area contributed by atoms with E-state index < -0.39 is 5.82 Å². The molecule has 1 aromatic carbocycles. The summed E-state index contributed by atoms with van der Waals surface area (Å²) in [5, 5.41) is 4.05. The molecule has 1 saturated heterocycles. The van der Waals surface area contributed by atoms with E-state index in [4.69, 9.17) is 5.73 Å². The molecule has 1 unspecified atom stereocenters. The van der Waals surface area contributed by atoms with E-state index in [1.807, 2.05) is 16.8 Å². The summed E-state index contributed by atoms with van der Waals surface area (Å²) in [6.07, 6.45) is 1.86. The van der Waals surface area contributed by atoms with Crippen LogP contribution in [0.1, 0.15) is 34.8 Å². The quantitative estimate of drug-likeness (QED) is 0.861. The molecule has 3 rings (SSSR count). The molecule has 1 aromatic heterocycles. The molecule has 1 atom stereocenters. The van der Waals surface area contributed by atoms with Gasteiger partial charge in [-0.1, -0.05) is 0 Å². The summed E-state index contributed by atoms with van der Waals surface area (Å²) >= 11 is 1.61. The molecule has 0 saturated carbocycles. The second-order valence-corrected chi connectivity index (χ2v) is 5.73. The van der Waals surface area contributed by atoms with Crippen LogP contribution in [0.4, 0.5) is 10.1 Å². The third-order valence-electron chi connectivity index (χ3n) is 3.66. The number of amides is 1. The summed E-state index contributed by atoms with van der Waals surface area (Å²) in [6, 6.07) is 6.21. The molecule has 1 aliphatic heterocycles. The molecule has 0 radical (unpaired) electrons. The van der Waals surface area contributed by atoms with Crippen LogP contribution >= 0.6 is 11.3 Å². The predicted octanol–water partition coefficient (Wildman–Crippen LogP) is 3.45. The Morgan fingerprint density at radius 3 is 3.00 bits per heavy atom. The smallest absolute Gasteiger partial charge is 0.257 e. The molecule has 2 aromatic rings. The van der Waals surface area contributed by atoms with Crippen molar-refractivity contribution in [3.63, 3.8) is 0 Å². The SMILES string of the molecule is Nc1ccc(F)c(C(=O)N2CCCC2c2ccsc2)c1. The molecule has 3 nitrogen and oxygen atoms in total. The number of hydrogen-bond donors (Lipinski definition) is 1. The van der Waals surface area contributed by atoms with E-state index in [2.05, 4.69) is 0 Å². The number of rotatable bonds is 2. The van der Waals surface area contributed by atoms with Crippen LogP contribution in [0.5, 0.6) is 0 Å². The highest BCUT2D eigenvalue weighted by Gasteiger charge is 2.31. The zero-order valence-electron chi connectivity index (χ0n) is 10.9. The van der Waals surface area contributed by atoms with Gasteiger partial charge in [-0.05, 0) is 53.4 Å². The third kappa shape index (κ3) is 2.29. The number of hydrogen-bond acceptors (Lipinski definition) is 3. The third-order valence-corrected chi connectivity index (χ3v) is 4.36. The van der Waals surface area contributed by atoms with Gasteiger partial charge in [-0.3, -0.25) is 4.79 Å². The highest BCUT2D eigenvalue weighted by molar-refractivity contribution is 7.07. The highest BCUT2D eigenvalue weighted by atomic mass is 32.1. The van der Waals surface area contributed by atoms with Gasteiger partial charge in [0.2, 0.25) is 0 Å².